The van der Waals surface area contributed by atoms with Gasteiger partial charge < -0.3 is 19.2 Å². The molecule has 38 heavy (non-hydrogen) atoms. The molecule has 6 rings (SSSR count). The van der Waals surface area contributed by atoms with Crippen molar-refractivity contribution >= 4 is 21.6 Å². The Morgan fingerprint density at radius 2 is 1.79 bits per heavy atom. The van der Waals surface area contributed by atoms with Crippen LogP contribution in [-0.2, 0) is 13.6 Å². The van der Waals surface area contributed by atoms with Crippen molar-refractivity contribution in [1.29, 1.82) is 0 Å². The lowest BCUT2D eigenvalue weighted by Gasteiger charge is -2.23. The fraction of sp³-hybridized carbons (Fsp3) is 0.344. The van der Waals surface area contributed by atoms with Gasteiger partial charge in [0, 0.05) is 12.6 Å². The van der Waals surface area contributed by atoms with Gasteiger partial charge >= 0.3 is 0 Å². The Bertz CT molecular complexity index is 1500. The molecule has 3 aromatic heterocycles. The number of nitrogens with zero attached hydrogens (tertiary/aromatic N) is 3. The van der Waals surface area contributed by atoms with E-state index in [-0.39, 0.29) is 0 Å². The Morgan fingerprint density at radius 3 is 2.50 bits per heavy atom. The number of aromatic nitrogens is 3. The van der Waals surface area contributed by atoms with E-state index in [1.54, 1.807) is 11.3 Å². The molecule has 0 aliphatic carbocycles. The molecular weight excluding hydrogens is 488 g/mol. The first-order valence-corrected chi connectivity index (χ1v) is 14.6. The first-order valence-electron chi connectivity index (χ1n) is 13.7. The number of aryl methyl sites for hydroxylation is 1. The van der Waals surface area contributed by atoms with Crippen LogP contribution in [0.3, 0.4) is 0 Å². The summed E-state index contributed by atoms with van der Waals surface area (Å²) in [5.74, 6) is 2.88. The number of fused-ring (bicyclic) bond motifs is 1. The van der Waals surface area contributed by atoms with Crippen molar-refractivity contribution in [2.45, 2.75) is 45.1 Å². The second-order valence-corrected chi connectivity index (χ2v) is 11.5. The van der Waals surface area contributed by atoms with Crippen molar-refractivity contribution in [1.82, 2.24) is 19.4 Å². The molecule has 0 unspecified atom stereocenters. The highest BCUT2D eigenvalue weighted by atomic mass is 32.1. The molecule has 1 N–H and O–H groups in total. The minimum Gasteiger partial charge on any atom is -0.492 e. The lowest BCUT2D eigenvalue weighted by Crippen LogP contribution is -2.26. The second kappa shape index (κ2) is 10.8. The Labute approximate surface area is 229 Å². The maximum Gasteiger partial charge on any atom is 0.157 e. The van der Waals surface area contributed by atoms with Gasteiger partial charge in [-0.2, -0.15) is 0 Å². The second-order valence-electron chi connectivity index (χ2n) is 10.5. The minimum absolute atomic E-state index is 0.301. The Balaban J connectivity index is 1.32. The highest BCUT2D eigenvalue weighted by Gasteiger charge is 2.24. The SMILES string of the molecule is CC(C)c1nc(-c2cc3sccc3n2C)n(CCOc2ccc(C3CCNCC3)cc2)c1-c1ccccc1. The minimum atomic E-state index is 0.301. The van der Waals surface area contributed by atoms with Gasteiger partial charge in [-0.3, -0.25) is 0 Å². The zero-order valence-corrected chi connectivity index (χ0v) is 23.3. The quantitative estimate of drug-likeness (QED) is 0.229. The van der Waals surface area contributed by atoms with Crippen LogP contribution in [-0.4, -0.2) is 33.8 Å². The molecule has 1 aliphatic rings. The van der Waals surface area contributed by atoms with E-state index in [9.17, 15) is 0 Å². The molecule has 2 aromatic carbocycles. The molecule has 4 heterocycles. The third kappa shape index (κ3) is 4.79. The van der Waals surface area contributed by atoms with Gasteiger partial charge in [0.25, 0.3) is 0 Å². The van der Waals surface area contributed by atoms with E-state index in [0.29, 0.717) is 25.0 Å². The predicted molar refractivity (Wildman–Crippen MR) is 158 cm³/mol. The predicted octanol–water partition coefficient (Wildman–Crippen LogP) is 7.44. The highest BCUT2D eigenvalue weighted by molar-refractivity contribution is 7.17. The molecule has 196 valence electrons. The van der Waals surface area contributed by atoms with Gasteiger partial charge in [0.1, 0.15) is 12.4 Å². The van der Waals surface area contributed by atoms with Crippen LogP contribution in [0, 0.1) is 0 Å². The number of imidazole rings is 1. The van der Waals surface area contributed by atoms with Gasteiger partial charge in [-0.1, -0.05) is 56.3 Å². The molecular formula is C32H36N4OS. The Hall–Kier alpha value is -3.35. The maximum atomic E-state index is 6.31. The maximum absolute atomic E-state index is 6.31. The van der Waals surface area contributed by atoms with Crippen molar-refractivity contribution in [2.24, 2.45) is 7.05 Å². The van der Waals surface area contributed by atoms with Crippen LogP contribution in [0.1, 0.15) is 49.8 Å². The van der Waals surface area contributed by atoms with E-state index in [1.807, 2.05) is 0 Å². The van der Waals surface area contributed by atoms with Crippen molar-refractivity contribution in [2.75, 3.05) is 19.7 Å². The Kier molecular flexibility index (Phi) is 7.09. The van der Waals surface area contributed by atoms with Crippen LogP contribution < -0.4 is 10.1 Å². The van der Waals surface area contributed by atoms with Crippen LogP contribution in [0.2, 0.25) is 0 Å². The van der Waals surface area contributed by atoms with E-state index in [4.69, 9.17) is 9.72 Å². The van der Waals surface area contributed by atoms with Crippen molar-refractivity contribution in [3.63, 3.8) is 0 Å². The van der Waals surface area contributed by atoms with Crippen LogP contribution in [0.25, 0.3) is 33.0 Å². The van der Waals surface area contributed by atoms with E-state index in [0.717, 1.165) is 36.1 Å². The van der Waals surface area contributed by atoms with E-state index >= 15 is 0 Å². The number of nitrogens with one attached hydrogen (secondary N) is 1. The lowest BCUT2D eigenvalue weighted by molar-refractivity contribution is 0.299. The fourth-order valence-electron chi connectivity index (χ4n) is 5.70. The Morgan fingerprint density at radius 1 is 1.03 bits per heavy atom. The summed E-state index contributed by atoms with van der Waals surface area (Å²) in [4.78, 5) is 5.27. The molecule has 0 amide bonds. The lowest BCUT2D eigenvalue weighted by atomic mass is 9.90. The number of ether oxygens (including phenoxy) is 1. The summed E-state index contributed by atoms with van der Waals surface area (Å²) in [6, 6.07) is 23.9. The van der Waals surface area contributed by atoms with E-state index < -0.39 is 0 Å². The molecule has 0 atom stereocenters. The van der Waals surface area contributed by atoms with Crippen LogP contribution in [0.15, 0.2) is 72.1 Å². The molecule has 0 bridgehead atoms. The van der Waals surface area contributed by atoms with Gasteiger partial charge in [-0.05, 0) is 73.0 Å². The van der Waals surface area contributed by atoms with Crippen LogP contribution in [0.4, 0.5) is 0 Å². The number of hydrogen-bond acceptors (Lipinski definition) is 4. The molecule has 6 heteroatoms. The van der Waals surface area contributed by atoms with Gasteiger partial charge in [0.15, 0.2) is 5.82 Å². The fourth-order valence-corrected chi connectivity index (χ4v) is 6.55. The molecule has 0 spiro atoms. The van der Waals surface area contributed by atoms with Gasteiger partial charge in [-0.15, -0.1) is 11.3 Å². The van der Waals surface area contributed by atoms with Crippen molar-refractivity contribution in [3.05, 3.63) is 83.4 Å². The normalized spacial score (nSPS) is 14.5. The number of piperidine rings is 1. The van der Waals surface area contributed by atoms with E-state index in [2.05, 4.69) is 107 Å². The zero-order valence-electron chi connectivity index (χ0n) is 22.5. The van der Waals surface area contributed by atoms with Crippen molar-refractivity contribution in [3.8, 4) is 28.5 Å². The van der Waals surface area contributed by atoms with Gasteiger partial charge in [0.05, 0.1) is 33.8 Å². The standard InChI is InChI=1S/C32H36N4OS/c1-22(2)30-31(25-7-5-4-6-8-25)36(32(34-30)28-21-29-27(35(28)3)15-20-38-29)18-19-37-26-11-9-23(10-12-26)24-13-16-33-17-14-24/h4-12,15,20-22,24,33H,13-14,16-19H2,1-3H3. The highest BCUT2D eigenvalue weighted by Crippen LogP contribution is 2.37. The van der Waals surface area contributed by atoms with Gasteiger partial charge in [-0.25, -0.2) is 4.98 Å². The van der Waals surface area contributed by atoms with Crippen molar-refractivity contribution < 1.29 is 4.74 Å². The summed E-state index contributed by atoms with van der Waals surface area (Å²) in [5, 5.41) is 5.61. The first-order chi connectivity index (χ1) is 18.6. The smallest absolute Gasteiger partial charge is 0.157 e. The monoisotopic (exact) mass is 524 g/mol. The average molecular weight is 525 g/mol. The molecule has 5 nitrogen and oxygen atoms in total. The van der Waals surface area contributed by atoms with Crippen LogP contribution >= 0.6 is 11.3 Å². The molecule has 5 aromatic rings. The van der Waals surface area contributed by atoms with E-state index in [1.165, 1.54) is 39.9 Å². The molecule has 0 radical (unpaired) electrons. The summed E-state index contributed by atoms with van der Waals surface area (Å²) < 4.78 is 12.2. The molecule has 0 saturated carbocycles. The number of rotatable bonds is 8. The average Bonchev–Trinajstić information content (AvgIpc) is 3.65. The zero-order chi connectivity index (χ0) is 26.1. The first kappa shape index (κ1) is 25.0. The third-order valence-electron chi connectivity index (χ3n) is 7.76. The summed E-state index contributed by atoms with van der Waals surface area (Å²) in [5.41, 5.74) is 7.32. The summed E-state index contributed by atoms with van der Waals surface area (Å²) in [7, 11) is 2.14. The topological polar surface area (TPSA) is 44.0 Å². The summed E-state index contributed by atoms with van der Waals surface area (Å²) in [6.45, 7) is 7.97. The molecule has 1 saturated heterocycles. The third-order valence-corrected chi connectivity index (χ3v) is 8.61. The number of thiophene rings is 1. The van der Waals surface area contributed by atoms with Crippen LogP contribution in [0.5, 0.6) is 5.75 Å². The number of benzene rings is 2. The summed E-state index contributed by atoms with van der Waals surface area (Å²) >= 11 is 1.78. The summed E-state index contributed by atoms with van der Waals surface area (Å²) in [6.07, 6.45) is 2.42. The molecule has 1 aliphatic heterocycles. The van der Waals surface area contributed by atoms with Gasteiger partial charge in [0.2, 0.25) is 0 Å². The number of hydrogen-bond donors (Lipinski definition) is 1. The molecule has 1 fully saturated rings. The largest absolute Gasteiger partial charge is 0.492 e.